The minimum absolute atomic E-state index is 0.139. The van der Waals surface area contributed by atoms with Crippen molar-refractivity contribution in [1.82, 2.24) is 13.7 Å². The lowest BCUT2D eigenvalue weighted by Crippen LogP contribution is -2.74. The molecule has 3 aliphatic carbocycles. The SMILES string of the molecule is [2H]c1c(N(c2c([2H])c([2H])c(-c3c([2H])c([2H])c([2H])c([2H])c3[2H])c([2H])c2[2H])c2c([2H])c([2H])c([2H])c3c2-c2c([2H])c([2H])c([2H])c([2H])c2C32c3c([2H])c([2H])c([2H])c([2H])c3-c3c([2H])c([2H])c([2H])c([2H])c32)cc2c(c1[2H])-c1c([2H])c(C)c([2H])c([2H])c1C2(C([2H])([2H])[2H])C([2H])([2H])[2H].[2H]c1c([2H])c([2H])c(-c2c([2H])c([2H])c(-n3c4c([2H])c([2H])c([2H])c([2H])c4c4c5c6c([2H])c([2H])c([2H])c([2H])c6n(-c6c([2H])c([2H])c([2H])c(-c7c([2H])c([2H])c(-c8c([2H])c([2H])c([2H])c(C)c8[2H])c([2H])c7[2H])c6[2H])c5c([2H])c([2H])c43)c([2H])c2[2H])c([2H])c1[2H].[2H]c1c([2H])c([2H])c([Si](c2c([2H])c([2H])c([2H])c([2H])c2[2H])(c2c([2H])c([2H])c([2H])c(-n3c4c([2H])c([2H])c([2H])c([2H])c4c4c([2H])c([2H])c([2H])c([2H])c43)c2[2H])c2c([2H])c([2H])c([2H])c3c2sc2c([2H])c([2H])c([2H])c([2H])c23)c([2H])c1[2H]. The van der Waals surface area contributed by atoms with Crippen LogP contribution in [0.25, 0.3) is 181 Å². The second-order valence-electron chi connectivity index (χ2n) is 33.1. The molecule has 27 aromatic rings. The van der Waals surface area contributed by atoms with Crippen molar-refractivity contribution in [3.8, 4) is 95.0 Å². The maximum Gasteiger partial charge on any atom is 0.181 e. The zero-order valence-electron chi connectivity index (χ0n) is 171. The molecule has 4 nitrogen and oxygen atoms in total. The molecule has 30 rings (SSSR count). The number of rotatable bonds is 14. The van der Waals surface area contributed by atoms with E-state index in [-0.39, 0.29) is 15.8 Å². The van der Waals surface area contributed by atoms with E-state index in [0.717, 1.165) is 0 Å². The third-order valence-electron chi connectivity index (χ3n) is 25.2. The molecule has 0 fully saturated rings. The molecule has 0 amide bonds. The average Bonchev–Trinajstić information content (AvgIpc) is 1.46. The summed E-state index contributed by atoms with van der Waals surface area (Å²) in [4.78, 5) is 0.366. The van der Waals surface area contributed by atoms with E-state index in [0.29, 0.717) is 36.0 Å². The maximum atomic E-state index is 10.4. The van der Waals surface area contributed by atoms with Gasteiger partial charge in [-0.25, -0.2) is 0 Å². The van der Waals surface area contributed by atoms with Crippen molar-refractivity contribution >= 4 is 143 Å². The first-order chi connectivity index (χ1) is 114. The monoisotopic (exact) mass is 2040 g/mol. The summed E-state index contributed by atoms with van der Waals surface area (Å²) >= 11 is 0.398. The Bertz CT molecular complexity index is 15800. The summed E-state index contributed by atoms with van der Waals surface area (Å²) in [5.41, 5.74) is -34.6. The van der Waals surface area contributed by atoms with Crippen LogP contribution in [0.1, 0.15) is 188 Å². The molecule has 0 bridgehead atoms. The van der Waals surface area contributed by atoms with E-state index in [1.54, 1.807) is 0 Å². The lowest BCUT2D eigenvalue weighted by atomic mass is 9.70. The molecular weight excluding hydrogens is 1850 g/mol. The Balaban J connectivity index is 0.000000157. The van der Waals surface area contributed by atoms with Gasteiger partial charge in [0.2, 0.25) is 0 Å². The van der Waals surface area contributed by atoms with Crippen molar-refractivity contribution in [2.45, 2.75) is 38.4 Å². The molecule has 0 atom stereocenters. The predicted molar refractivity (Wildman–Crippen MR) is 639 cm³/mol. The normalized spacial score (nSPS) is 21.8. The largest absolute Gasteiger partial charge is 0.310 e. The highest BCUT2D eigenvalue weighted by Gasteiger charge is 2.53. The molecule has 0 radical (unpaired) electrons. The highest BCUT2D eigenvalue weighted by atomic mass is 32.1. The second-order valence-corrected chi connectivity index (χ2v) is 37.7. The Morgan fingerprint density at radius 3 is 1.26 bits per heavy atom. The zero-order chi connectivity index (χ0) is 182. The van der Waals surface area contributed by atoms with Crippen molar-refractivity contribution in [2.75, 3.05) is 4.90 Å². The number of hydrogen-bond acceptors (Lipinski definition) is 2. The van der Waals surface area contributed by atoms with Crippen LogP contribution in [0.15, 0.2) is 544 Å². The fraction of sp³-hybridized carbons (Fsp3) is 0.0417. The minimum Gasteiger partial charge on any atom is -0.310 e. The summed E-state index contributed by atoms with van der Waals surface area (Å²) < 4.78 is 871. The topological polar surface area (TPSA) is 18.0 Å². The number of thiophene rings is 1. The van der Waals surface area contributed by atoms with Gasteiger partial charge < -0.3 is 18.6 Å². The number of nitrogens with zero attached hydrogens (tertiary/aromatic N) is 4. The Morgan fingerprint density at radius 1 is 0.253 bits per heavy atom. The predicted octanol–water partition coefficient (Wildman–Crippen LogP) is 35.5. The molecule has 0 aliphatic heterocycles. The van der Waals surface area contributed by atoms with E-state index in [9.17, 15) is 60.3 Å². The number of hydrogen-bond donors (Lipinski definition) is 0. The Hall–Kier alpha value is -18.3. The standard InChI is InChI=1S/C53H39N.C49H34N2.C42H29NSSi/c1-34-24-31-44-43(32-34)41-30-29-38(33-49(41)52(44,2)3)54(37-27-25-36(26-28-37)35-14-5-4-6-15-35)50-23-13-22-48-51(50)42-18-9-12-21-47(42)53(48)45-19-10-7-16-39(45)40-17-8-11-20-46(40)53;1-33-11-9-14-38(31-33)36-21-23-37(24-22-36)39-15-10-16-41(32-39)51-45-20-8-6-18-43(45)49-47(51)30-29-46-48(49)42-17-5-7-19-44(42)50(46)40-27-25-35(26-28-40)34-12-3-2-4-13-34;1-3-16-31(17-4-1)45(32-18-5-2-6-19-32,41-28-14-24-37-36-23-9-12-27-40(36)44-42(37)41)33-20-13-15-30(29-33)43-38-25-10-7-21-34(38)35-22-8-11-26-39(35)43/h4-33H,1-3H3;2-32H,1H3;1-29H/i2D3,3D3,4D,5D,6D,7D,8D,9D,10D,11D,12D,13D,14D,15D,16D,17D,18D,19D,20D,21D,22D,23D,24D,25D,26D,27D,28D,29D,30D,31D,32D;2D,3D,4D,5D,6D,7D,8D,9D,10D,11D,12D,13D,14D,15D,16D,17D,18D,19D,20D,21D,22D,23D,24D,25D,26D,27D,28D,29D,30D,31D,32D;1D,2D,3D,4D,5D,6D,7D,8D,9D,10D,11D,12D,13D,14D,15D,16D,17D,18D,19D,20D,21D,22D,23D,24D,25D,26D,27D,28D,29D. The van der Waals surface area contributed by atoms with E-state index in [1.165, 1.54) is 13.8 Å². The smallest absolute Gasteiger partial charge is 0.181 e. The number of aromatic nitrogens is 3. The minimum atomic E-state index is -6.44. The van der Waals surface area contributed by atoms with Gasteiger partial charge in [-0.05, 0) is 249 Å². The molecule has 1 spiro atoms. The first-order valence-electron chi connectivity index (χ1n) is 91.9. The second kappa shape index (κ2) is 36.1. The molecule has 708 valence electrons. The molecule has 0 unspecified atom stereocenters. The van der Waals surface area contributed by atoms with Crippen LogP contribution in [0.5, 0.6) is 0 Å². The molecule has 0 saturated heterocycles. The van der Waals surface area contributed by atoms with Crippen LogP contribution < -0.4 is 25.6 Å². The van der Waals surface area contributed by atoms with Crippen LogP contribution in [0.3, 0.4) is 0 Å². The molecular formula is C144H102N4SSi. The van der Waals surface area contributed by atoms with Crippen LogP contribution in [0.2, 0.25) is 0 Å². The van der Waals surface area contributed by atoms with Crippen LogP contribution in [-0.4, -0.2) is 21.8 Å². The lowest BCUT2D eigenvalue weighted by molar-refractivity contribution is 0.660. The summed E-state index contributed by atoms with van der Waals surface area (Å²) in [6, 6.07) is -91.6. The molecule has 150 heavy (non-hydrogen) atoms. The van der Waals surface area contributed by atoms with Crippen LogP contribution in [0.4, 0.5) is 17.1 Å². The molecule has 3 aliphatic rings. The van der Waals surface area contributed by atoms with Gasteiger partial charge >= 0.3 is 0 Å². The number of fused-ring (bicyclic) bond motifs is 26. The van der Waals surface area contributed by atoms with Crippen molar-refractivity contribution in [1.29, 1.82) is 0 Å². The molecule has 0 N–H and O–H groups in total. The molecule has 4 aromatic heterocycles. The third-order valence-corrected chi connectivity index (χ3v) is 30.6. The maximum absolute atomic E-state index is 10.4. The number of anilines is 3. The van der Waals surface area contributed by atoms with E-state index in [4.69, 9.17) is 69.9 Å². The summed E-state index contributed by atoms with van der Waals surface area (Å²) in [5, 5.41) is -8.80. The van der Waals surface area contributed by atoms with Gasteiger partial charge in [0.15, 0.2) is 8.07 Å². The third kappa shape index (κ3) is 14.2. The fourth-order valence-electron chi connectivity index (χ4n) is 19.0. The van der Waals surface area contributed by atoms with Gasteiger partial charge in [0.25, 0.3) is 0 Å². The van der Waals surface area contributed by atoms with E-state index in [1.807, 2.05) is 0 Å². The summed E-state index contributed by atoms with van der Waals surface area (Å²) in [5.74, 6) is 0. The Kier molecular flexibility index (Phi) is 8.42. The first kappa shape index (κ1) is 35.0. The van der Waals surface area contributed by atoms with E-state index < -0.39 is 817 Å². The number of benzene rings is 23. The number of para-hydroxylation sites is 4. The van der Waals surface area contributed by atoms with Gasteiger partial charge in [-0.2, -0.15) is 0 Å². The summed E-state index contributed by atoms with van der Waals surface area (Å²) in [6.45, 7) is -5.42. The Morgan fingerprint density at radius 2 is 0.660 bits per heavy atom. The molecule has 23 aromatic carbocycles. The van der Waals surface area contributed by atoms with Gasteiger partial charge in [0, 0.05) is 100 Å². The van der Waals surface area contributed by atoms with E-state index in [2.05, 4.69) is 0 Å². The van der Waals surface area contributed by atoms with Crippen LogP contribution in [-0.2, 0) is 10.8 Å². The fourth-order valence-corrected chi connectivity index (χ4v) is 24.4. The highest BCUT2D eigenvalue weighted by Crippen LogP contribution is 2.65. The van der Waals surface area contributed by atoms with Gasteiger partial charge in [0.1, 0.15) is 0 Å². The van der Waals surface area contributed by atoms with Gasteiger partial charge in [-0.3, -0.25) is 0 Å². The van der Waals surface area contributed by atoms with Crippen molar-refractivity contribution in [2.24, 2.45) is 0 Å². The highest BCUT2D eigenvalue weighted by molar-refractivity contribution is 7.30. The quantitative estimate of drug-likeness (QED) is 0.0784. The van der Waals surface area contributed by atoms with Crippen LogP contribution in [0, 0.1) is 13.8 Å². The first-order valence-corrected chi connectivity index (χ1v) is 47.2. The summed E-state index contributed by atoms with van der Waals surface area (Å²) in [7, 11) is -6.44. The van der Waals surface area contributed by atoms with Gasteiger partial charge in [0.05, 0.1) is 166 Å². The average molecular weight is 2040 g/mol. The van der Waals surface area contributed by atoms with Crippen LogP contribution >= 0.6 is 11.3 Å². The molecule has 0 saturated carbocycles. The van der Waals surface area contributed by atoms with E-state index >= 15 is 0 Å². The summed E-state index contributed by atoms with van der Waals surface area (Å²) in [6.07, 6.45) is 0. The van der Waals surface area contributed by atoms with Crippen molar-refractivity contribution < 1.29 is 130 Å². The zero-order valence-corrected chi connectivity index (χ0v) is 77.6. The molecule has 6 heteroatoms. The molecule has 4 heterocycles. The lowest BCUT2D eigenvalue weighted by Gasteiger charge is -2.35. The van der Waals surface area contributed by atoms with Gasteiger partial charge in [-0.1, -0.05) is 460 Å². The van der Waals surface area contributed by atoms with Crippen molar-refractivity contribution in [3.05, 3.63) is 588 Å². The Labute approximate surface area is 1010 Å². The van der Waals surface area contributed by atoms with Crippen molar-refractivity contribution in [3.63, 3.8) is 0 Å². The van der Waals surface area contributed by atoms with Gasteiger partial charge in [-0.15, -0.1) is 11.3 Å².